The van der Waals surface area contributed by atoms with Gasteiger partial charge in [0.1, 0.15) is 17.3 Å². The second kappa shape index (κ2) is 11.0. The predicted octanol–water partition coefficient (Wildman–Crippen LogP) is 4.98. The lowest BCUT2D eigenvalue weighted by molar-refractivity contribution is -0.118. The minimum atomic E-state index is -4.13. The Labute approximate surface area is 231 Å². The van der Waals surface area contributed by atoms with Crippen molar-refractivity contribution in [2.45, 2.75) is 31.7 Å². The molecule has 1 aliphatic heterocycles. The van der Waals surface area contributed by atoms with Gasteiger partial charge in [0.2, 0.25) is 5.91 Å². The first kappa shape index (κ1) is 27.1. The highest BCUT2D eigenvalue weighted by atomic mass is 32.2. The van der Waals surface area contributed by atoms with Gasteiger partial charge in [-0.1, -0.05) is 36.4 Å². The number of halogens is 1. The molecule has 1 N–H and O–H groups in total. The van der Waals surface area contributed by atoms with E-state index < -0.39 is 21.7 Å². The van der Waals surface area contributed by atoms with Gasteiger partial charge in [-0.3, -0.25) is 9.59 Å². The van der Waals surface area contributed by atoms with Crippen LogP contribution in [0.15, 0.2) is 77.7 Å². The number of amides is 2. The summed E-state index contributed by atoms with van der Waals surface area (Å²) in [6.45, 7) is 4.88. The first-order valence-corrected chi connectivity index (χ1v) is 14.3. The third kappa shape index (κ3) is 5.10. The fourth-order valence-corrected chi connectivity index (χ4v) is 5.80. The first-order valence-electron chi connectivity index (χ1n) is 12.8. The van der Waals surface area contributed by atoms with Crippen LogP contribution in [-0.4, -0.2) is 33.4 Å². The molecule has 0 aliphatic carbocycles. The van der Waals surface area contributed by atoms with Gasteiger partial charge in [0.05, 0.1) is 36.6 Å². The van der Waals surface area contributed by atoms with E-state index in [0.29, 0.717) is 41.5 Å². The van der Waals surface area contributed by atoms with E-state index in [1.807, 2.05) is 42.8 Å². The van der Waals surface area contributed by atoms with Crippen LogP contribution in [0, 0.1) is 5.82 Å². The quantitative estimate of drug-likeness (QED) is 0.309. The number of nitrogens with one attached hydrogen (secondary N) is 1. The Hall–Kier alpha value is -4.44. The van der Waals surface area contributed by atoms with Gasteiger partial charge in [-0.2, -0.15) is 0 Å². The highest BCUT2D eigenvalue weighted by molar-refractivity contribution is 7.90. The smallest absolute Gasteiger partial charge is 0.264 e. The number of benzene rings is 4. The summed E-state index contributed by atoms with van der Waals surface area (Å²) in [6, 6.07) is 18.6. The summed E-state index contributed by atoms with van der Waals surface area (Å²) in [5.74, 6) is -0.360. The average molecular weight is 563 g/mol. The second-order valence-electron chi connectivity index (χ2n) is 9.14. The third-order valence-corrected chi connectivity index (χ3v) is 7.95. The topological polar surface area (TPSA) is 102 Å². The van der Waals surface area contributed by atoms with E-state index in [4.69, 9.17) is 9.47 Å². The zero-order valence-corrected chi connectivity index (χ0v) is 22.8. The zero-order valence-electron chi connectivity index (χ0n) is 21.9. The Kier molecular flexibility index (Phi) is 7.44. The van der Waals surface area contributed by atoms with Gasteiger partial charge in [-0.15, -0.1) is 0 Å². The number of anilines is 1. The molecule has 2 amide bonds. The lowest BCUT2D eigenvalue weighted by atomic mass is 9.99. The summed E-state index contributed by atoms with van der Waals surface area (Å²) < 4.78 is 52.0. The van der Waals surface area contributed by atoms with E-state index in [9.17, 15) is 22.4 Å². The Morgan fingerprint density at radius 1 is 0.900 bits per heavy atom. The van der Waals surface area contributed by atoms with Gasteiger partial charge in [0, 0.05) is 22.0 Å². The third-order valence-electron chi connectivity index (χ3n) is 6.56. The lowest BCUT2D eigenvalue weighted by Crippen LogP contribution is -2.31. The summed E-state index contributed by atoms with van der Waals surface area (Å²) >= 11 is 0. The fraction of sp³-hybridized carbons (Fsp3) is 0.200. The molecule has 8 nitrogen and oxygen atoms in total. The molecular weight excluding hydrogens is 535 g/mol. The van der Waals surface area contributed by atoms with Crippen molar-refractivity contribution in [1.29, 1.82) is 0 Å². The molecule has 0 saturated carbocycles. The summed E-state index contributed by atoms with van der Waals surface area (Å²) in [6.07, 6.45) is -0.205. The molecular formula is C30H27FN2O6S. The molecule has 0 unspecified atom stereocenters. The van der Waals surface area contributed by atoms with Gasteiger partial charge in [-0.05, 0) is 55.8 Å². The number of rotatable bonds is 9. The molecule has 10 heteroatoms. The number of carbonyl (C=O) groups is 2. The highest BCUT2D eigenvalue weighted by Gasteiger charge is 2.36. The van der Waals surface area contributed by atoms with Crippen LogP contribution in [-0.2, 0) is 27.8 Å². The van der Waals surface area contributed by atoms with E-state index in [-0.39, 0.29) is 23.8 Å². The molecule has 206 valence electrons. The van der Waals surface area contributed by atoms with Crippen molar-refractivity contribution in [3.8, 4) is 11.5 Å². The molecule has 0 aromatic heterocycles. The normalized spacial score (nSPS) is 12.9. The van der Waals surface area contributed by atoms with E-state index in [2.05, 4.69) is 0 Å². The molecule has 0 saturated heterocycles. The minimum Gasteiger partial charge on any atom is -0.493 e. The maximum absolute atomic E-state index is 13.7. The van der Waals surface area contributed by atoms with Crippen molar-refractivity contribution in [3.05, 3.63) is 95.3 Å². The van der Waals surface area contributed by atoms with E-state index in [1.54, 1.807) is 29.2 Å². The van der Waals surface area contributed by atoms with Gasteiger partial charge in [0.25, 0.3) is 15.9 Å². The van der Waals surface area contributed by atoms with Crippen LogP contribution in [0.2, 0.25) is 0 Å². The Morgan fingerprint density at radius 3 is 2.12 bits per heavy atom. The van der Waals surface area contributed by atoms with Crippen molar-refractivity contribution in [3.63, 3.8) is 0 Å². The van der Waals surface area contributed by atoms with Crippen LogP contribution in [0.1, 0.15) is 35.3 Å². The predicted molar refractivity (Wildman–Crippen MR) is 149 cm³/mol. The molecule has 1 heterocycles. The largest absolute Gasteiger partial charge is 0.493 e. The number of carbonyl (C=O) groups excluding carboxylic acids is 2. The van der Waals surface area contributed by atoms with Crippen LogP contribution in [0.25, 0.3) is 10.8 Å². The van der Waals surface area contributed by atoms with E-state index in [1.165, 1.54) is 0 Å². The maximum Gasteiger partial charge on any atom is 0.264 e. The first-order chi connectivity index (χ1) is 19.2. The second-order valence-corrected chi connectivity index (χ2v) is 10.8. The van der Waals surface area contributed by atoms with Gasteiger partial charge < -0.3 is 14.4 Å². The van der Waals surface area contributed by atoms with Crippen molar-refractivity contribution in [2.75, 3.05) is 18.1 Å². The summed E-state index contributed by atoms with van der Waals surface area (Å²) in [4.78, 5) is 27.6. The standard InChI is InChI=1S/C30H27FN2O6S/c1-3-38-28-23-7-5-6-8-24(23)29(39-4-2)27-25(28)18-33(30(27)35)21-13-9-19(10-14-21)17-26(34)32-40(36,37)22-15-11-20(31)12-16-22/h5-16H,3-4,17-18H2,1-2H3,(H,32,34). The zero-order chi connectivity index (χ0) is 28.4. The number of ether oxygens (including phenoxy) is 2. The van der Waals surface area contributed by atoms with E-state index >= 15 is 0 Å². The molecule has 0 fully saturated rings. The number of sulfonamides is 1. The number of nitrogens with zero attached hydrogens (tertiary/aromatic N) is 1. The number of hydrogen-bond donors (Lipinski definition) is 1. The molecule has 0 spiro atoms. The number of fused-ring (bicyclic) bond motifs is 2. The van der Waals surface area contributed by atoms with Crippen molar-refractivity contribution in [2.24, 2.45) is 0 Å². The molecule has 40 heavy (non-hydrogen) atoms. The highest BCUT2D eigenvalue weighted by Crippen LogP contribution is 2.46. The van der Waals surface area contributed by atoms with E-state index in [0.717, 1.165) is 40.6 Å². The Balaban J connectivity index is 1.38. The van der Waals surface area contributed by atoms with Gasteiger partial charge in [-0.25, -0.2) is 17.5 Å². The molecule has 4 aromatic carbocycles. The van der Waals surface area contributed by atoms with Crippen LogP contribution < -0.4 is 19.1 Å². The Bertz CT molecular complexity index is 1700. The Morgan fingerprint density at radius 2 is 1.50 bits per heavy atom. The molecule has 0 bridgehead atoms. The molecule has 0 radical (unpaired) electrons. The van der Waals surface area contributed by atoms with Crippen LogP contribution in [0.5, 0.6) is 11.5 Å². The van der Waals surface area contributed by atoms with Gasteiger partial charge >= 0.3 is 0 Å². The average Bonchev–Trinajstić information content (AvgIpc) is 3.27. The van der Waals surface area contributed by atoms with Crippen molar-refractivity contribution in [1.82, 2.24) is 4.72 Å². The molecule has 5 rings (SSSR count). The molecule has 0 atom stereocenters. The van der Waals surface area contributed by atoms with Crippen molar-refractivity contribution >= 4 is 38.3 Å². The van der Waals surface area contributed by atoms with Crippen molar-refractivity contribution < 1.29 is 31.9 Å². The molecule has 1 aliphatic rings. The summed E-state index contributed by atoms with van der Waals surface area (Å²) in [5.41, 5.74) is 2.38. The monoisotopic (exact) mass is 562 g/mol. The lowest BCUT2D eigenvalue weighted by Gasteiger charge is -2.16. The maximum atomic E-state index is 13.7. The van der Waals surface area contributed by atoms with Crippen LogP contribution in [0.3, 0.4) is 0 Å². The summed E-state index contributed by atoms with van der Waals surface area (Å²) in [7, 11) is -4.13. The van der Waals surface area contributed by atoms with Crippen LogP contribution >= 0.6 is 0 Å². The van der Waals surface area contributed by atoms with Gasteiger partial charge in [0.15, 0.2) is 0 Å². The van der Waals surface area contributed by atoms with Crippen LogP contribution in [0.4, 0.5) is 10.1 Å². The minimum absolute atomic E-state index is 0.205. The molecule has 4 aromatic rings. The fourth-order valence-electron chi connectivity index (χ4n) is 4.82. The number of hydrogen-bond acceptors (Lipinski definition) is 6. The SMILES string of the molecule is CCOc1c2c(c(OCC)c3ccccc13)C(=O)N(c1ccc(CC(=O)NS(=O)(=O)c3ccc(F)cc3)cc1)C2. The summed E-state index contributed by atoms with van der Waals surface area (Å²) in [5, 5.41) is 1.68.